The van der Waals surface area contributed by atoms with Crippen LogP contribution in [0, 0.1) is 0 Å². The Hall–Kier alpha value is -2.05. The number of aromatic nitrogens is 1. The number of nitrogens with one attached hydrogen (secondary N) is 1. The second-order valence-corrected chi connectivity index (χ2v) is 5.73. The predicted octanol–water partition coefficient (Wildman–Crippen LogP) is 1.72. The highest BCUT2D eigenvalue weighted by Crippen LogP contribution is 2.33. The maximum Gasteiger partial charge on any atom is 0.325 e. The van der Waals surface area contributed by atoms with E-state index in [-0.39, 0.29) is 0 Å². The van der Waals surface area contributed by atoms with Crippen LogP contribution in [0.2, 0.25) is 5.02 Å². The lowest BCUT2D eigenvalue weighted by molar-refractivity contribution is -0.144. The van der Waals surface area contributed by atoms with Crippen molar-refractivity contribution in [2.45, 2.75) is 6.04 Å². The van der Waals surface area contributed by atoms with Crippen LogP contribution < -0.4 is 0 Å². The van der Waals surface area contributed by atoms with Crippen LogP contribution in [-0.4, -0.2) is 58.4 Å². The number of hydrogen-bond donors (Lipinski definition) is 2. The van der Waals surface area contributed by atoms with E-state index < -0.39 is 12.0 Å². The molecule has 7 heteroatoms. The minimum atomic E-state index is -0.916. The maximum absolute atomic E-state index is 11.8. The molecule has 116 valence electrons. The molecule has 3 rings (SSSR count). The summed E-state index contributed by atoms with van der Waals surface area (Å²) < 4.78 is 0. The molecule has 0 saturated carbocycles. The van der Waals surface area contributed by atoms with Crippen molar-refractivity contribution in [3.63, 3.8) is 0 Å². The lowest BCUT2D eigenvalue weighted by Gasteiger charge is -2.36. The molecular formula is C15H16ClN3O3. The minimum absolute atomic E-state index is 0.521. The number of fused-ring (bicyclic) bond motifs is 1. The molecule has 2 heterocycles. The molecule has 22 heavy (non-hydrogen) atoms. The zero-order valence-electron chi connectivity index (χ0n) is 11.8. The Labute approximate surface area is 132 Å². The van der Waals surface area contributed by atoms with Crippen LogP contribution in [0.3, 0.4) is 0 Å². The van der Waals surface area contributed by atoms with Gasteiger partial charge >= 0.3 is 5.97 Å². The molecule has 2 N–H and O–H groups in total. The summed E-state index contributed by atoms with van der Waals surface area (Å²) >= 11 is 6.25. The van der Waals surface area contributed by atoms with E-state index in [1.54, 1.807) is 17.2 Å². The van der Waals surface area contributed by atoms with Crippen LogP contribution in [0.5, 0.6) is 0 Å². The van der Waals surface area contributed by atoms with Gasteiger partial charge in [0.15, 0.2) is 0 Å². The SMILES string of the molecule is O=CN1CCN([C@H](C(=O)O)c2c[nH]c3cccc(Cl)c23)CC1. The van der Waals surface area contributed by atoms with Crippen LogP contribution in [0.15, 0.2) is 24.4 Å². The third-order valence-electron chi connectivity index (χ3n) is 4.08. The van der Waals surface area contributed by atoms with Crippen LogP contribution in [-0.2, 0) is 9.59 Å². The average Bonchev–Trinajstić information content (AvgIpc) is 2.93. The smallest absolute Gasteiger partial charge is 0.325 e. The molecule has 0 spiro atoms. The Morgan fingerprint density at radius 2 is 2.05 bits per heavy atom. The molecule has 1 aliphatic rings. The number of amides is 1. The number of rotatable bonds is 4. The molecule has 1 fully saturated rings. The van der Waals surface area contributed by atoms with Gasteiger partial charge in [0.25, 0.3) is 0 Å². The monoisotopic (exact) mass is 321 g/mol. The highest BCUT2D eigenvalue weighted by atomic mass is 35.5. The first-order valence-electron chi connectivity index (χ1n) is 7.03. The van der Waals surface area contributed by atoms with Gasteiger partial charge in [0.1, 0.15) is 6.04 Å². The molecule has 0 radical (unpaired) electrons. The largest absolute Gasteiger partial charge is 0.480 e. The molecule has 0 bridgehead atoms. The normalized spacial score (nSPS) is 17.6. The maximum atomic E-state index is 11.8. The summed E-state index contributed by atoms with van der Waals surface area (Å²) in [4.78, 5) is 29.2. The third-order valence-corrected chi connectivity index (χ3v) is 4.39. The molecule has 1 aromatic heterocycles. The van der Waals surface area contributed by atoms with E-state index in [4.69, 9.17) is 11.6 Å². The van der Waals surface area contributed by atoms with Crippen molar-refractivity contribution < 1.29 is 14.7 Å². The van der Waals surface area contributed by atoms with E-state index in [1.165, 1.54) is 0 Å². The minimum Gasteiger partial charge on any atom is -0.480 e. The number of nitrogens with zero attached hydrogens (tertiary/aromatic N) is 2. The summed E-state index contributed by atoms with van der Waals surface area (Å²) in [5.74, 6) is -0.916. The number of hydrogen-bond acceptors (Lipinski definition) is 3. The number of H-pyrrole nitrogens is 1. The van der Waals surface area contributed by atoms with Gasteiger partial charge in [-0.25, -0.2) is 0 Å². The van der Waals surface area contributed by atoms with E-state index in [0.717, 1.165) is 17.3 Å². The Morgan fingerprint density at radius 1 is 1.32 bits per heavy atom. The Morgan fingerprint density at radius 3 is 2.68 bits per heavy atom. The van der Waals surface area contributed by atoms with Crippen LogP contribution in [0.4, 0.5) is 0 Å². The molecule has 6 nitrogen and oxygen atoms in total. The topological polar surface area (TPSA) is 76.6 Å². The second-order valence-electron chi connectivity index (χ2n) is 5.32. The van der Waals surface area contributed by atoms with E-state index in [0.29, 0.717) is 36.8 Å². The number of aliphatic carboxylic acids is 1. The standard InChI is InChI=1S/C15H16ClN3O3/c16-11-2-1-3-12-13(11)10(8-17-12)14(15(21)22)19-6-4-18(9-20)5-7-19/h1-3,8-9,14,17H,4-7H2,(H,21,22)/t14-/m0/s1. The van der Waals surface area contributed by atoms with Gasteiger partial charge in [-0.15, -0.1) is 0 Å². The van der Waals surface area contributed by atoms with E-state index in [1.807, 2.05) is 17.0 Å². The van der Waals surface area contributed by atoms with Gasteiger partial charge in [0.2, 0.25) is 6.41 Å². The van der Waals surface area contributed by atoms with E-state index >= 15 is 0 Å². The zero-order valence-corrected chi connectivity index (χ0v) is 12.6. The number of carboxylic acid groups (broad SMARTS) is 1. The number of piperazine rings is 1. The first kappa shape index (κ1) is 14.9. The molecule has 1 aliphatic heterocycles. The van der Waals surface area contributed by atoms with Gasteiger partial charge in [-0.1, -0.05) is 17.7 Å². The van der Waals surface area contributed by atoms with Crippen molar-refractivity contribution in [2.75, 3.05) is 26.2 Å². The number of carbonyl (C=O) groups is 2. The van der Waals surface area contributed by atoms with Crippen molar-refractivity contribution in [3.05, 3.63) is 35.0 Å². The average molecular weight is 322 g/mol. The zero-order chi connectivity index (χ0) is 15.7. The van der Waals surface area contributed by atoms with Crippen molar-refractivity contribution in [1.82, 2.24) is 14.8 Å². The molecule has 2 aromatic rings. The van der Waals surface area contributed by atoms with Gasteiger partial charge in [-0.05, 0) is 12.1 Å². The fourth-order valence-electron chi connectivity index (χ4n) is 2.97. The highest BCUT2D eigenvalue weighted by molar-refractivity contribution is 6.35. The highest BCUT2D eigenvalue weighted by Gasteiger charge is 2.32. The third kappa shape index (κ3) is 2.55. The number of aromatic amines is 1. The Balaban J connectivity index is 1.97. The summed E-state index contributed by atoms with van der Waals surface area (Å²) in [5, 5.41) is 11.0. The fourth-order valence-corrected chi connectivity index (χ4v) is 3.25. The van der Waals surface area contributed by atoms with Gasteiger partial charge in [0, 0.05) is 48.8 Å². The first-order chi connectivity index (χ1) is 10.6. The van der Waals surface area contributed by atoms with Crippen molar-refractivity contribution in [2.24, 2.45) is 0 Å². The number of halogens is 1. The summed E-state index contributed by atoms with van der Waals surface area (Å²) in [6.07, 6.45) is 2.51. The fraction of sp³-hybridized carbons (Fsp3) is 0.333. The molecule has 1 amide bonds. The van der Waals surface area contributed by atoms with Crippen LogP contribution in [0.25, 0.3) is 10.9 Å². The van der Waals surface area contributed by atoms with Gasteiger partial charge in [-0.3, -0.25) is 14.5 Å². The molecule has 1 aromatic carbocycles. The van der Waals surface area contributed by atoms with Gasteiger partial charge < -0.3 is 15.0 Å². The summed E-state index contributed by atoms with van der Waals surface area (Å²) in [6, 6.07) is 4.67. The van der Waals surface area contributed by atoms with E-state index in [9.17, 15) is 14.7 Å². The van der Waals surface area contributed by atoms with Crippen molar-refractivity contribution >= 4 is 34.9 Å². The molecule has 0 aliphatic carbocycles. The van der Waals surface area contributed by atoms with Crippen LogP contribution in [0.1, 0.15) is 11.6 Å². The second kappa shape index (κ2) is 5.98. The van der Waals surface area contributed by atoms with Gasteiger partial charge in [-0.2, -0.15) is 0 Å². The molecular weight excluding hydrogens is 306 g/mol. The van der Waals surface area contributed by atoms with Crippen LogP contribution >= 0.6 is 11.6 Å². The predicted molar refractivity (Wildman–Crippen MR) is 82.9 cm³/mol. The molecule has 1 atom stereocenters. The number of carbonyl (C=O) groups excluding carboxylic acids is 1. The number of benzene rings is 1. The van der Waals surface area contributed by atoms with Crippen molar-refractivity contribution in [1.29, 1.82) is 0 Å². The lowest BCUT2D eigenvalue weighted by Crippen LogP contribution is -2.48. The Bertz CT molecular complexity index is 707. The number of carboxylic acids is 1. The van der Waals surface area contributed by atoms with Crippen molar-refractivity contribution in [3.8, 4) is 0 Å². The van der Waals surface area contributed by atoms with E-state index in [2.05, 4.69) is 4.98 Å². The summed E-state index contributed by atoms with van der Waals surface area (Å²) in [7, 11) is 0. The summed E-state index contributed by atoms with van der Waals surface area (Å²) in [6.45, 7) is 2.10. The lowest BCUT2D eigenvalue weighted by atomic mass is 10.0. The van der Waals surface area contributed by atoms with Gasteiger partial charge in [0.05, 0.1) is 5.02 Å². The summed E-state index contributed by atoms with van der Waals surface area (Å²) in [5.41, 5.74) is 1.48. The first-order valence-corrected chi connectivity index (χ1v) is 7.41. The molecule has 1 saturated heterocycles. The molecule has 0 unspecified atom stereocenters. The Kier molecular flexibility index (Phi) is 4.04. The quantitative estimate of drug-likeness (QED) is 0.841.